The maximum atomic E-state index is 5.79. The second-order valence-corrected chi connectivity index (χ2v) is 5.80. The number of ether oxygens (including phenoxy) is 2. The molecule has 0 aliphatic carbocycles. The third-order valence-corrected chi connectivity index (χ3v) is 2.85. The van der Waals surface area contributed by atoms with E-state index in [1.54, 1.807) is 7.11 Å². The molecule has 0 bridgehead atoms. The average molecular weight is 281 g/mol. The fraction of sp³-hybridized carbons (Fsp3) is 0.733. The van der Waals surface area contributed by atoms with E-state index in [0.717, 1.165) is 30.2 Å². The summed E-state index contributed by atoms with van der Waals surface area (Å²) in [4.78, 5) is 9.18. The van der Waals surface area contributed by atoms with Crippen LogP contribution < -0.4 is 10.1 Å². The summed E-state index contributed by atoms with van der Waals surface area (Å²) in [6, 6.07) is 0. The van der Waals surface area contributed by atoms with Crippen molar-refractivity contribution < 1.29 is 9.47 Å². The zero-order valence-electron chi connectivity index (χ0n) is 13.5. The van der Waals surface area contributed by atoms with Gasteiger partial charge in [0.2, 0.25) is 5.88 Å². The van der Waals surface area contributed by atoms with E-state index >= 15 is 0 Å². The second-order valence-electron chi connectivity index (χ2n) is 5.80. The van der Waals surface area contributed by atoms with Crippen LogP contribution in [0.2, 0.25) is 0 Å². The predicted molar refractivity (Wildman–Crippen MR) is 81.6 cm³/mol. The Bertz CT molecular complexity index is 428. The number of aromatic nitrogens is 2. The third-order valence-electron chi connectivity index (χ3n) is 2.85. The quantitative estimate of drug-likeness (QED) is 0.779. The fourth-order valence-corrected chi connectivity index (χ4v) is 1.68. The van der Waals surface area contributed by atoms with Crippen LogP contribution in [0.25, 0.3) is 0 Å². The van der Waals surface area contributed by atoms with E-state index in [1.165, 1.54) is 0 Å². The minimum absolute atomic E-state index is 0.109. The second kappa shape index (κ2) is 7.43. The van der Waals surface area contributed by atoms with Gasteiger partial charge in [-0.2, -0.15) is 4.98 Å². The number of nitrogens with one attached hydrogen (secondary N) is 1. The minimum atomic E-state index is -0.109. The van der Waals surface area contributed by atoms with Crippen LogP contribution >= 0.6 is 0 Å². The molecule has 0 atom stereocenters. The molecule has 1 heterocycles. The third kappa shape index (κ3) is 4.63. The maximum Gasteiger partial charge on any atom is 0.221 e. The fourth-order valence-electron chi connectivity index (χ4n) is 1.68. The highest BCUT2D eigenvalue weighted by Crippen LogP contribution is 2.27. The molecule has 1 rings (SSSR count). The lowest BCUT2D eigenvalue weighted by atomic mass is 9.95. The van der Waals surface area contributed by atoms with Gasteiger partial charge in [0.05, 0.1) is 12.2 Å². The van der Waals surface area contributed by atoms with Crippen LogP contribution in [0.15, 0.2) is 0 Å². The van der Waals surface area contributed by atoms with Gasteiger partial charge in [-0.05, 0) is 13.8 Å². The number of rotatable bonds is 7. The molecular formula is C15H27N3O2. The lowest BCUT2D eigenvalue weighted by Crippen LogP contribution is -2.19. The van der Waals surface area contributed by atoms with Crippen molar-refractivity contribution in [2.45, 2.75) is 46.5 Å². The Morgan fingerprint density at radius 2 is 1.85 bits per heavy atom. The molecule has 5 nitrogen and oxygen atoms in total. The van der Waals surface area contributed by atoms with Crippen LogP contribution in [0.4, 0.5) is 5.82 Å². The Morgan fingerprint density at radius 1 is 1.15 bits per heavy atom. The van der Waals surface area contributed by atoms with Crippen LogP contribution in [0.1, 0.15) is 45.5 Å². The van der Waals surface area contributed by atoms with Gasteiger partial charge in [-0.25, -0.2) is 4.98 Å². The van der Waals surface area contributed by atoms with Gasteiger partial charge in [-0.15, -0.1) is 0 Å². The van der Waals surface area contributed by atoms with E-state index in [9.17, 15) is 0 Å². The van der Waals surface area contributed by atoms with E-state index < -0.39 is 0 Å². The first-order chi connectivity index (χ1) is 9.40. The summed E-state index contributed by atoms with van der Waals surface area (Å²) in [6.07, 6.45) is 0.849. The lowest BCUT2D eigenvalue weighted by Gasteiger charge is -2.20. The molecule has 1 aromatic rings. The van der Waals surface area contributed by atoms with Crippen LogP contribution in [0.5, 0.6) is 5.88 Å². The highest BCUT2D eigenvalue weighted by molar-refractivity contribution is 5.49. The zero-order valence-corrected chi connectivity index (χ0v) is 13.5. The molecule has 0 radical (unpaired) electrons. The van der Waals surface area contributed by atoms with Gasteiger partial charge >= 0.3 is 0 Å². The maximum absolute atomic E-state index is 5.79. The first-order valence-corrected chi connectivity index (χ1v) is 7.14. The summed E-state index contributed by atoms with van der Waals surface area (Å²) in [5, 5.41) is 3.27. The summed E-state index contributed by atoms with van der Waals surface area (Å²) >= 11 is 0. The van der Waals surface area contributed by atoms with Crippen LogP contribution in [-0.4, -0.2) is 36.8 Å². The first kappa shape index (κ1) is 16.7. The SMILES string of the molecule is CCNc1nc(C(C)(C)C)nc(OCCCOC)c1C. The molecule has 0 fully saturated rings. The summed E-state index contributed by atoms with van der Waals surface area (Å²) in [5.41, 5.74) is 0.847. The molecule has 0 aliphatic rings. The Hall–Kier alpha value is -1.36. The van der Waals surface area contributed by atoms with Crippen molar-refractivity contribution in [1.29, 1.82) is 0 Å². The topological polar surface area (TPSA) is 56.3 Å². The van der Waals surface area contributed by atoms with Crippen molar-refractivity contribution in [3.63, 3.8) is 0 Å². The highest BCUT2D eigenvalue weighted by Gasteiger charge is 2.21. The molecule has 0 spiro atoms. The number of hydrogen-bond acceptors (Lipinski definition) is 5. The number of hydrogen-bond donors (Lipinski definition) is 1. The molecule has 114 valence electrons. The smallest absolute Gasteiger partial charge is 0.221 e. The van der Waals surface area contributed by atoms with Crippen molar-refractivity contribution >= 4 is 5.82 Å². The molecule has 1 N–H and O–H groups in total. The first-order valence-electron chi connectivity index (χ1n) is 7.14. The average Bonchev–Trinajstić information content (AvgIpc) is 2.37. The monoisotopic (exact) mass is 281 g/mol. The van der Waals surface area contributed by atoms with Gasteiger partial charge in [0.1, 0.15) is 11.6 Å². The standard InChI is InChI=1S/C15H27N3O2/c1-7-16-12-11(2)13(20-10-8-9-19-6)18-14(17-12)15(3,4)5/h7-10H2,1-6H3,(H,16,17,18). The normalized spacial score (nSPS) is 11.5. The lowest BCUT2D eigenvalue weighted by molar-refractivity contribution is 0.170. The summed E-state index contributed by atoms with van der Waals surface area (Å²) < 4.78 is 10.8. The van der Waals surface area contributed by atoms with E-state index in [-0.39, 0.29) is 5.41 Å². The van der Waals surface area contributed by atoms with Crippen molar-refractivity contribution in [3.8, 4) is 5.88 Å². The molecule has 5 heteroatoms. The number of nitrogens with zero attached hydrogens (tertiary/aromatic N) is 2. The van der Waals surface area contributed by atoms with Gasteiger partial charge in [0, 0.05) is 32.1 Å². The Labute approximate surface area is 122 Å². The van der Waals surface area contributed by atoms with E-state index in [2.05, 4.69) is 43.0 Å². The van der Waals surface area contributed by atoms with Gasteiger partial charge in [0.15, 0.2) is 0 Å². The molecule has 1 aromatic heterocycles. The van der Waals surface area contributed by atoms with Gasteiger partial charge in [-0.1, -0.05) is 20.8 Å². The Kier molecular flexibility index (Phi) is 6.20. The number of anilines is 1. The van der Waals surface area contributed by atoms with Crippen molar-refractivity contribution in [3.05, 3.63) is 11.4 Å². The molecule has 0 aromatic carbocycles. The van der Waals surface area contributed by atoms with Crippen molar-refractivity contribution in [2.24, 2.45) is 0 Å². The van der Waals surface area contributed by atoms with Crippen LogP contribution in [-0.2, 0) is 10.2 Å². The van der Waals surface area contributed by atoms with E-state index in [1.807, 2.05) is 6.92 Å². The molecule has 0 amide bonds. The van der Waals surface area contributed by atoms with Crippen molar-refractivity contribution in [1.82, 2.24) is 9.97 Å². The van der Waals surface area contributed by atoms with Gasteiger partial charge < -0.3 is 14.8 Å². The molecule has 0 saturated carbocycles. The molecular weight excluding hydrogens is 254 g/mol. The zero-order chi connectivity index (χ0) is 15.2. The largest absolute Gasteiger partial charge is 0.477 e. The summed E-state index contributed by atoms with van der Waals surface area (Å²) in [7, 11) is 1.69. The van der Waals surface area contributed by atoms with Crippen LogP contribution in [0, 0.1) is 6.92 Å². The van der Waals surface area contributed by atoms with E-state index in [0.29, 0.717) is 19.1 Å². The van der Waals surface area contributed by atoms with Crippen molar-refractivity contribution in [2.75, 3.05) is 32.2 Å². The van der Waals surface area contributed by atoms with Crippen LogP contribution in [0.3, 0.4) is 0 Å². The molecule has 20 heavy (non-hydrogen) atoms. The number of methoxy groups -OCH3 is 1. The van der Waals surface area contributed by atoms with Gasteiger partial charge in [-0.3, -0.25) is 0 Å². The van der Waals surface area contributed by atoms with Gasteiger partial charge in [0.25, 0.3) is 0 Å². The summed E-state index contributed by atoms with van der Waals surface area (Å²) in [6.45, 7) is 12.4. The molecule has 0 saturated heterocycles. The molecule has 0 unspecified atom stereocenters. The molecule has 0 aliphatic heterocycles. The Balaban J connectivity index is 2.98. The summed E-state index contributed by atoms with van der Waals surface area (Å²) in [5.74, 6) is 2.31. The Morgan fingerprint density at radius 3 is 2.40 bits per heavy atom. The van der Waals surface area contributed by atoms with E-state index in [4.69, 9.17) is 9.47 Å². The highest BCUT2D eigenvalue weighted by atomic mass is 16.5. The predicted octanol–water partition coefficient (Wildman–Crippen LogP) is 2.93. The minimum Gasteiger partial charge on any atom is -0.477 e.